The zero-order valence-electron chi connectivity index (χ0n) is 14.0. The van der Waals surface area contributed by atoms with Crippen LogP contribution in [-0.4, -0.2) is 22.5 Å². The number of hydrogen-bond acceptors (Lipinski definition) is 4. The molecule has 1 amide bonds. The van der Waals surface area contributed by atoms with Gasteiger partial charge in [0.15, 0.2) is 0 Å². The summed E-state index contributed by atoms with van der Waals surface area (Å²) in [5, 5.41) is 2.73. The molecule has 0 spiro atoms. The van der Waals surface area contributed by atoms with Crippen molar-refractivity contribution in [1.82, 2.24) is 9.97 Å². The van der Waals surface area contributed by atoms with E-state index in [0.717, 1.165) is 6.07 Å². The minimum absolute atomic E-state index is 0.0837. The first kappa shape index (κ1) is 19.1. The van der Waals surface area contributed by atoms with E-state index in [1.54, 1.807) is 18.2 Å². The van der Waals surface area contributed by atoms with Gasteiger partial charge in [0.25, 0.3) is 5.91 Å². The van der Waals surface area contributed by atoms with Gasteiger partial charge in [0.05, 0.1) is 11.1 Å². The summed E-state index contributed by atoms with van der Waals surface area (Å²) < 4.78 is 57.0. The molecule has 2 aromatic carbocycles. The first-order chi connectivity index (χ1) is 13.3. The molecule has 3 aromatic rings. The van der Waals surface area contributed by atoms with Crippen molar-refractivity contribution in [3.8, 4) is 18.1 Å². The third kappa shape index (κ3) is 4.35. The van der Waals surface area contributed by atoms with Crippen molar-refractivity contribution in [1.29, 1.82) is 0 Å². The van der Waals surface area contributed by atoms with Crippen molar-refractivity contribution < 1.29 is 27.1 Å². The van der Waals surface area contributed by atoms with E-state index in [-0.39, 0.29) is 18.1 Å². The van der Waals surface area contributed by atoms with Crippen molar-refractivity contribution in [2.45, 2.75) is 6.18 Å². The zero-order valence-corrected chi connectivity index (χ0v) is 14.0. The number of aromatic nitrogens is 2. The van der Waals surface area contributed by atoms with Crippen LogP contribution in [0.4, 0.5) is 23.2 Å². The van der Waals surface area contributed by atoms with Crippen LogP contribution >= 0.6 is 0 Å². The van der Waals surface area contributed by atoms with Crippen molar-refractivity contribution in [2.75, 3.05) is 11.9 Å². The van der Waals surface area contributed by atoms with Crippen LogP contribution in [0.2, 0.25) is 0 Å². The molecule has 0 atom stereocenters. The van der Waals surface area contributed by atoms with Gasteiger partial charge in [0.1, 0.15) is 18.2 Å². The normalized spacial score (nSPS) is 11.1. The lowest BCUT2D eigenvalue weighted by Gasteiger charge is -2.10. The monoisotopic (exact) mass is 389 g/mol. The maximum Gasteiger partial charge on any atom is 0.416 e. The fourth-order valence-corrected chi connectivity index (χ4v) is 2.35. The molecule has 0 aliphatic heterocycles. The van der Waals surface area contributed by atoms with Gasteiger partial charge in [-0.1, -0.05) is 5.92 Å². The lowest BCUT2D eigenvalue weighted by atomic mass is 10.2. The number of hydrogen-bond donors (Lipinski definition) is 1. The fraction of sp³-hybridized carbons (Fsp3) is 0.105. The summed E-state index contributed by atoms with van der Waals surface area (Å²) in [4.78, 5) is 20.2. The number of alkyl halides is 3. The van der Waals surface area contributed by atoms with Crippen LogP contribution < -0.4 is 10.1 Å². The van der Waals surface area contributed by atoms with Gasteiger partial charge in [0, 0.05) is 17.3 Å². The molecule has 0 radical (unpaired) electrons. The fourth-order valence-electron chi connectivity index (χ4n) is 2.35. The molecule has 1 N–H and O–H groups in total. The lowest BCUT2D eigenvalue weighted by molar-refractivity contribution is -0.137. The Kier molecular flexibility index (Phi) is 5.13. The summed E-state index contributed by atoms with van der Waals surface area (Å²) in [6.45, 7) is 0.0837. The Morgan fingerprint density at radius 2 is 2.00 bits per heavy atom. The molecular formula is C19H11F4N3O2. The number of halogens is 4. The van der Waals surface area contributed by atoms with E-state index < -0.39 is 23.5 Å². The largest absolute Gasteiger partial charge is 0.481 e. The maximum absolute atomic E-state index is 13.4. The van der Waals surface area contributed by atoms with Crippen LogP contribution in [0.5, 0.6) is 5.75 Å². The van der Waals surface area contributed by atoms with E-state index in [4.69, 9.17) is 11.2 Å². The molecule has 28 heavy (non-hydrogen) atoms. The summed E-state index contributed by atoms with van der Waals surface area (Å²) in [7, 11) is 0. The number of carbonyl (C=O) groups excluding carboxylic acids is 1. The number of terminal acetylenes is 1. The molecular weight excluding hydrogens is 378 g/mol. The maximum atomic E-state index is 13.4. The quantitative estimate of drug-likeness (QED) is 0.540. The van der Waals surface area contributed by atoms with Crippen LogP contribution in [0, 0.1) is 18.2 Å². The summed E-state index contributed by atoms with van der Waals surface area (Å²) in [6.07, 6.45) is 1.72. The molecule has 0 aliphatic rings. The first-order valence-corrected chi connectivity index (χ1v) is 7.78. The Labute approximate surface area is 156 Å². The van der Waals surface area contributed by atoms with E-state index in [1.807, 2.05) is 0 Å². The Morgan fingerprint density at radius 1 is 1.21 bits per heavy atom. The van der Waals surface area contributed by atoms with Crippen LogP contribution in [-0.2, 0) is 6.18 Å². The molecule has 5 nitrogen and oxygen atoms in total. The second-order valence-electron chi connectivity index (χ2n) is 5.59. The van der Waals surface area contributed by atoms with Gasteiger partial charge in [0.2, 0.25) is 5.82 Å². The zero-order chi connectivity index (χ0) is 20.3. The number of ether oxygens (including phenoxy) is 1. The number of rotatable bonds is 4. The molecule has 0 saturated heterocycles. The van der Waals surface area contributed by atoms with Gasteiger partial charge in [-0.3, -0.25) is 4.79 Å². The number of nitrogens with one attached hydrogen (secondary N) is 1. The minimum atomic E-state index is -4.75. The average Bonchev–Trinajstić information content (AvgIpc) is 2.64. The predicted octanol–water partition coefficient (Wildman–Crippen LogP) is 4.05. The van der Waals surface area contributed by atoms with Crippen LogP contribution in [0.15, 0.2) is 42.6 Å². The molecule has 3 rings (SSSR count). The van der Waals surface area contributed by atoms with E-state index in [9.17, 15) is 22.4 Å². The highest BCUT2D eigenvalue weighted by Crippen LogP contribution is 2.31. The minimum Gasteiger partial charge on any atom is -0.481 e. The Balaban J connectivity index is 1.84. The third-order valence-corrected chi connectivity index (χ3v) is 3.56. The van der Waals surface area contributed by atoms with Gasteiger partial charge >= 0.3 is 6.18 Å². The molecule has 9 heteroatoms. The topological polar surface area (TPSA) is 64.1 Å². The number of anilines is 1. The highest BCUT2D eigenvalue weighted by molar-refractivity contribution is 6.02. The second-order valence-corrected chi connectivity index (χ2v) is 5.59. The van der Waals surface area contributed by atoms with Crippen LogP contribution in [0.25, 0.3) is 10.9 Å². The SMILES string of the molecule is C#CCOc1ccc2nc(C(=O)Nc3cc(F)cc(C(F)(F)F)c3)ncc2c1. The number of benzene rings is 2. The Bertz CT molecular complexity index is 1090. The van der Waals surface area contributed by atoms with Gasteiger partial charge in [-0.2, -0.15) is 13.2 Å². The number of carbonyl (C=O) groups is 1. The lowest BCUT2D eigenvalue weighted by Crippen LogP contribution is -2.16. The Hall–Kier alpha value is -3.67. The van der Waals surface area contributed by atoms with Crippen molar-refractivity contribution in [3.05, 3.63) is 59.8 Å². The molecule has 0 saturated carbocycles. The van der Waals surface area contributed by atoms with Gasteiger partial charge < -0.3 is 10.1 Å². The van der Waals surface area contributed by atoms with Gasteiger partial charge in [-0.15, -0.1) is 6.42 Å². The van der Waals surface area contributed by atoms with Crippen LogP contribution in [0.3, 0.4) is 0 Å². The molecule has 0 unspecified atom stereocenters. The molecule has 0 bridgehead atoms. The second kappa shape index (κ2) is 7.52. The van der Waals surface area contributed by atoms with Gasteiger partial charge in [-0.25, -0.2) is 14.4 Å². The first-order valence-electron chi connectivity index (χ1n) is 7.78. The predicted molar refractivity (Wildman–Crippen MR) is 93.2 cm³/mol. The summed E-state index contributed by atoms with van der Waals surface area (Å²) in [6, 6.07) is 6.51. The van der Waals surface area contributed by atoms with Crippen molar-refractivity contribution in [2.24, 2.45) is 0 Å². The van der Waals surface area contributed by atoms with Gasteiger partial charge in [-0.05, 0) is 36.4 Å². The smallest absolute Gasteiger partial charge is 0.416 e. The molecule has 1 aromatic heterocycles. The van der Waals surface area contributed by atoms with E-state index >= 15 is 0 Å². The van der Waals surface area contributed by atoms with Crippen molar-refractivity contribution >= 4 is 22.5 Å². The standard InChI is InChI=1S/C19H11F4N3O2/c1-2-5-28-15-3-4-16-11(6-15)10-24-17(26-16)18(27)25-14-8-12(19(21,22)23)7-13(20)9-14/h1,3-4,6-10H,5H2,(H,25,27). The van der Waals surface area contributed by atoms with E-state index in [0.29, 0.717) is 28.8 Å². The highest BCUT2D eigenvalue weighted by Gasteiger charge is 2.31. The highest BCUT2D eigenvalue weighted by atomic mass is 19.4. The average molecular weight is 389 g/mol. The molecule has 1 heterocycles. The third-order valence-electron chi connectivity index (χ3n) is 3.56. The van der Waals surface area contributed by atoms with E-state index in [1.165, 1.54) is 6.20 Å². The molecule has 142 valence electrons. The Morgan fingerprint density at radius 3 is 2.71 bits per heavy atom. The summed E-state index contributed by atoms with van der Waals surface area (Å²) >= 11 is 0. The van der Waals surface area contributed by atoms with E-state index in [2.05, 4.69) is 21.2 Å². The number of amides is 1. The number of nitrogens with zero attached hydrogens (tertiary/aromatic N) is 2. The molecule has 0 aliphatic carbocycles. The summed E-state index contributed by atoms with van der Waals surface area (Å²) in [5.41, 5.74) is -1.18. The van der Waals surface area contributed by atoms with Crippen LogP contribution in [0.1, 0.15) is 16.2 Å². The van der Waals surface area contributed by atoms with Crippen molar-refractivity contribution in [3.63, 3.8) is 0 Å². The number of fused-ring (bicyclic) bond motifs is 1. The molecule has 0 fully saturated rings. The summed E-state index contributed by atoms with van der Waals surface area (Å²) in [5.74, 6) is 0.511.